The predicted molar refractivity (Wildman–Crippen MR) is 83.0 cm³/mol. The van der Waals surface area contributed by atoms with Gasteiger partial charge >= 0.3 is 0 Å². The SMILES string of the molecule is CC1CN(Cc2c(Cl)cccc2Cl)C(C(C)C)CN1. The second-order valence-electron chi connectivity index (χ2n) is 5.75. The fraction of sp³-hybridized carbons (Fsp3) is 0.600. The third-order valence-corrected chi connectivity index (χ3v) is 4.55. The summed E-state index contributed by atoms with van der Waals surface area (Å²) in [6, 6.07) is 6.77. The first-order valence-corrected chi connectivity index (χ1v) is 7.65. The Kier molecular flexibility index (Phi) is 5.13. The van der Waals surface area contributed by atoms with Gasteiger partial charge in [-0.3, -0.25) is 4.90 Å². The van der Waals surface area contributed by atoms with E-state index in [2.05, 4.69) is 31.0 Å². The monoisotopic (exact) mass is 300 g/mol. The summed E-state index contributed by atoms with van der Waals surface area (Å²) in [7, 11) is 0. The highest BCUT2D eigenvalue weighted by molar-refractivity contribution is 6.35. The van der Waals surface area contributed by atoms with Gasteiger partial charge in [-0.25, -0.2) is 0 Å². The van der Waals surface area contributed by atoms with Crippen LogP contribution in [0, 0.1) is 5.92 Å². The molecule has 0 spiro atoms. The van der Waals surface area contributed by atoms with Gasteiger partial charge in [-0.05, 0) is 25.0 Å². The lowest BCUT2D eigenvalue weighted by Gasteiger charge is -2.41. The van der Waals surface area contributed by atoms with Crippen molar-refractivity contribution in [3.63, 3.8) is 0 Å². The molecular formula is C15H22Cl2N2. The molecule has 1 N–H and O–H groups in total. The van der Waals surface area contributed by atoms with E-state index in [4.69, 9.17) is 23.2 Å². The molecule has 2 atom stereocenters. The highest BCUT2D eigenvalue weighted by Gasteiger charge is 2.28. The molecule has 1 aliphatic heterocycles. The summed E-state index contributed by atoms with van der Waals surface area (Å²) < 4.78 is 0. The van der Waals surface area contributed by atoms with Crippen molar-refractivity contribution in [2.24, 2.45) is 5.92 Å². The molecule has 0 bridgehead atoms. The van der Waals surface area contributed by atoms with Crippen molar-refractivity contribution in [2.75, 3.05) is 13.1 Å². The highest BCUT2D eigenvalue weighted by Crippen LogP contribution is 2.28. The van der Waals surface area contributed by atoms with Crippen LogP contribution in [0.1, 0.15) is 26.3 Å². The molecule has 1 aromatic rings. The summed E-state index contributed by atoms with van der Waals surface area (Å²) in [5.41, 5.74) is 1.05. The molecule has 2 nitrogen and oxygen atoms in total. The van der Waals surface area contributed by atoms with Crippen molar-refractivity contribution in [3.8, 4) is 0 Å². The maximum absolute atomic E-state index is 6.29. The molecule has 0 amide bonds. The average Bonchev–Trinajstić information content (AvgIpc) is 2.33. The number of nitrogens with one attached hydrogen (secondary N) is 1. The Labute approximate surface area is 126 Å². The van der Waals surface area contributed by atoms with E-state index in [0.29, 0.717) is 18.0 Å². The first-order valence-electron chi connectivity index (χ1n) is 6.89. The minimum Gasteiger partial charge on any atom is -0.311 e. The molecule has 0 aliphatic carbocycles. The molecule has 19 heavy (non-hydrogen) atoms. The lowest BCUT2D eigenvalue weighted by molar-refractivity contribution is 0.0956. The van der Waals surface area contributed by atoms with Crippen molar-refractivity contribution >= 4 is 23.2 Å². The first kappa shape index (κ1) is 15.1. The topological polar surface area (TPSA) is 15.3 Å². The Morgan fingerprint density at radius 1 is 1.32 bits per heavy atom. The molecule has 106 valence electrons. The Morgan fingerprint density at radius 2 is 1.95 bits per heavy atom. The minimum atomic E-state index is 0.510. The molecule has 0 radical (unpaired) electrons. The third-order valence-electron chi connectivity index (χ3n) is 3.85. The Balaban J connectivity index is 2.19. The van der Waals surface area contributed by atoms with E-state index >= 15 is 0 Å². The Bertz CT molecular complexity index is 414. The lowest BCUT2D eigenvalue weighted by atomic mass is 9.98. The predicted octanol–water partition coefficient (Wildman–Crippen LogP) is 3.81. The standard InChI is InChI=1S/C15H22Cl2N2/c1-10(2)15-7-18-11(3)8-19(15)9-12-13(16)5-4-6-14(12)17/h4-6,10-11,15,18H,7-9H2,1-3H3. The van der Waals surface area contributed by atoms with Gasteiger partial charge in [0.05, 0.1) is 0 Å². The quantitative estimate of drug-likeness (QED) is 0.913. The van der Waals surface area contributed by atoms with Crippen LogP contribution < -0.4 is 5.32 Å². The van der Waals surface area contributed by atoms with E-state index < -0.39 is 0 Å². The van der Waals surface area contributed by atoms with Crippen molar-refractivity contribution in [3.05, 3.63) is 33.8 Å². The maximum atomic E-state index is 6.29. The van der Waals surface area contributed by atoms with Crippen molar-refractivity contribution in [2.45, 2.75) is 39.4 Å². The van der Waals surface area contributed by atoms with Crippen LogP contribution in [0.5, 0.6) is 0 Å². The zero-order chi connectivity index (χ0) is 14.0. The van der Waals surface area contributed by atoms with Gasteiger partial charge in [-0.1, -0.05) is 43.1 Å². The van der Waals surface area contributed by atoms with E-state index in [1.807, 2.05) is 18.2 Å². The van der Waals surface area contributed by atoms with Crippen LogP contribution in [0.4, 0.5) is 0 Å². The number of hydrogen-bond acceptors (Lipinski definition) is 2. The largest absolute Gasteiger partial charge is 0.311 e. The smallest absolute Gasteiger partial charge is 0.0465 e. The summed E-state index contributed by atoms with van der Waals surface area (Å²) >= 11 is 12.6. The summed E-state index contributed by atoms with van der Waals surface area (Å²) in [5.74, 6) is 0.612. The number of nitrogens with zero attached hydrogens (tertiary/aromatic N) is 1. The number of halogens is 2. The fourth-order valence-corrected chi connectivity index (χ4v) is 3.25. The summed E-state index contributed by atoms with van der Waals surface area (Å²) in [5, 5.41) is 5.08. The maximum Gasteiger partial charge on any atom is 0.0465 e. The average molecular weight is 301 g/mol. The second-order valence-corrected chi connectivity index (χ2v) is 6.56. The fourth-order valence-electron chi connectivity index (χ4n) is 2.73. The molecule has 4 heteroatoms. The molecular weight excluding hydrogens is 279 g/mol. The van der Waals surface area contributed by atoms with Gasteiger partial charge in [-0.2, -0.15) is 0 Å². The van der Waals surface area contributed by atoms with Crippen LogP contribution in [0.3, 0.4) is 0 Å². The molecule has 0 saturated carbocycles. The van der Waals surface area contributed by atoms with Gasteiger partial charge in [0.15, 0.2) is 0 Å². The summed E-state index contributed by atoms with van der Waals surface area (Å²) in [4.78, 5) is 2.50. The van der Waals surface area contributed by atoms with Crippen LogP contribution in [0.25, 0.3) is 0 Å². The van der Waals surface area contributed by atoms with Gasteiger partial charge in [0.2, 0.25) is 0 Å². The zero-order valence-corrected chi connectivity index (χ0v) is 13.3. The zero-order valence-electron chi connectivity index (χ0n) is 11.8. The Morgan fingerprint density at radius 3 is 2.53 bits per heavy atom. The minimum absolute atomic E-state index is 0.510. The number of hydrogen-bond donors (Lipinski definition) is 1. The van der Waals surface area contributed by atoms with E-state index in [1.165, 1.54) is 0 Å². The summed E-state index contributed by atoms with van der Waals surface area (Å²) in [6.07, 6.45) is 0. The molecule has 1 aromatic carbocycles. The molecule has 0 aromatic heterocycles. The van der Waals surface area contributed by atoms with Crippen LogP contribution >= 0.6 is 23.2 Å². The number of rotatable bonds is 3. The van der Waals surface area contributed by atoms with E-state index in [9.17, 15) is 0 Å². The van der Waals surface area contributed by atoms with Gasteiger partial charge in [0, 0.05) is 47.3 Å². The van der Waals surface area contributed by atoms with Crippen LogP contribution in [0.15, 0.2) is 18.2 Å². The van der Waals surface area contributed by atoms with Gasteiger partial charge < -0.3 is 5.32 Å². The van der Waals surface area contributed by atoms with Crippen LogP contribution in [-0.2, 0) is 6.54 Å². The van der Waals surface area contributed by atoms with Crippen LogP contribution in [0.2, 0.25) is 10.0 Å². The Hall–Kier alpha value is -0.280. The van der Waals surface area contributed by atoms with E-state index in [0.717, 1.165) is 35.2 Å². The van der Waals surface area contributed by atoms with Crippen molar-refractivity contribution in [1.82, 2.24) is 10.2 Å². The third kappa shape index (κ3) is 3.63. The molecule has 1 aliphatic rings. The molecule has 1 saturated heterocycles. The molecule has 2 rings (SSSR count). The van der Waals surface area contributed by atoms with Crippen molar-refractivity contribution < 1.29 is 0 Å². The van der Waals surface area contributed by atoms with Crippen molar-refractivity contribution in [1.29, 1.82) is 0 Å². The molecule has 2 unspecified atom stereocenters. The molecule has 1 heterocycles. The van der Waals surface area contributed by atoms with Gasteiger partial charge in [0.1, 0.15) is 0 Å². The lowest BCUT2D eigenvalue weighted by Crippen LogP contribution is -2.56. The summed E-state index contributed by atoms with van der Waals surface area (Å²) in [6.45, 7) is 9.64. The second kappa shape index (κ2) is 6.45. The van der Waals surface area contributed by atoms with Gasteiger partial charge in [0.25, 0.3) is 0 Å². The highest BCUT2D eigenvalue weighted by atomic mass is 35.5. The molecule has 1 fully saturated rings. The van der Waals surface area contributed by atoms with Crippen LogP contribution in [-0.4, -0.2) is 30.1 Å². The number of piperazine rings is 1. The first-order chi connectivity index (χ1) is 8.99. The van der Waals surface area contributed by atoms with E-state index in [-0.39, 0.29) is 0 Å². The normalized spacial score (nSPS) is 24.9. The number of benzene rings is 1. The van der Waals surface area contributed by atoms with E-state index in [1.54, 1.807) is 0 Å². The van der Waals surface area contributed by atoms with Gasteiger partial charge in [-0.15, -0.1) is 0 Å².